The number of amides is 2. The Morgan fingerprint density at radius 1 is 1.14 bits per heavy atom. The number of likely N-dealkylation sites (tertiary alicyclic amines) is 1. The van der Waals surface area contributed by atoms with E-state index in [2.05, 4.69) is 22.3 Å². The second-order valence-corrected chi connectivity index (χ2v) is 9.75. The third kappa shape index (κ3) is 3.87. The number of carbonyl (C=O) groups is 2. The van der Waals surface area contributed by atoms with Crippen molar-refractivity contribution < 1.29 is 18.8 Å². The lowest BCUT2D eigenvalue weighted by molar-refractivity contribution is -0.142. The van der Waals surface area contributed by atoms with Crippen molar-refractivity contribution in [1.82, 2.24) is 15.0 Å². The van der Waals surface area contributed by atoms with E-state index in [0.717, 1.165) is 48.1 Å². The number of hydrogen-bond acceptors (Lipinski definition) is 6. The van der Waals surface area contributed by atoms with Crippen LogP contribution in [0.15, 0.2) is 41.2 Å². The number of anilines is 1. The first-order chi connectivity index (χ1) is 17.0. The van der Waals surface area contributed by atoms with Crippen LogP contribution < -0.4 is 9.64 Å². The van der Waals surface area contributed by atoms with Gasteiger partial charge in [-0.25, -0.2) is 0 Å². The Bertz CT molecular complexity index is 1310. The molecular formula is C27H28N4O4. The van der Waals surface area contributed by atoms with E-state index in [9.17, 15) is 9.59 Å². The first-order valence-corrected chi connectivity index (χ1v) is 12.2. The molecule has 0 saturated carbocycles. The van der Waals surface area contributed by atoms with Gasteiger partial charge in [-0.05, 0) is 72.2 Å². The topological polar surface area (TPSA) is 88.8 Å². The average molecular weight is 473 g/mol. The number of aromatic nitrogens is 2. The lowest BCUT2D eigenvalue weighted by atomic mass is 9.79. The van der Waals surface area contributed by atoms with Gasteiger partial charge in [0.25, 0.3) is 5.88 Å². The number of carbonyl (C=O) groups excluding carboxylic acids is 2. The number of aryl methyl sites for hydroxylation is 2. The molecule has 8 heteroatoms. The van der Waals surface area contributed by atoms with Crippen molar-refractivity contribution in [3.63, 3.8) is 0 Å². The SMILES string of the molecule is Cc1cc(OC2CN(C(=O)C3CCCc4c(-c5ccc6c(c5)CCC(=O)N6C)cncc43)C2)no1. The summed E-state index contributed by atoms with van der Waals surface area (Å²) in [6.07, 6.45) is 7.75. The highest BCUT2D eigenvalue weighted by atomic mass is 16.5. The first kappa shape index (κ1) is 21.8. The van der Waals surface area contributed by atoms with Crippen LogP contribution in [0.2, 0.25) is 0 Å². The lowest BCUT2D eigenvalue weighted by Crippen LogP contribution is -2.57. The molecule has 1 fully saturated rings. The summed E-state index contributed by atoms with van der Waals surface area (Å²) in [6.45, 7) is 2.93. The molecule has 1 aliphatic carbocycles. The second-order valence-electron chi connectivity index (χ2n) is 9.75. The van der Waals surface area contributed by atoms with Crippen molar-refractivity contribution in [3.05, 3.63) is 59.1 Å². The number of fused-ring (bicyclic) bond motifs is 2. The zero-order chi connectivity index (χ0) is 24.1. The number of hydrogen-bond donors (Lipinski definition) is 0. The van der Waals surface area contributed by atoms with Crippen LogP contribution in [0.4, 0.5) is 5.69 Å². The largest absolute Gasteiger partial charge is 0.468 e. The van der Waals surface area contributed by atoms with E-state index in [0.29, 0.717) is 31.2 Å². The van der Waals surface area contributed by atoms with Crippen LogP contribution in [-0.4, -0.2) is 53.1 Å². The summed E-state index contributed by atoms with van der Waals surface area (Å²) >= 11 is 0. The zero-order valence-electron chi connectivity index (χ0n) is 20.0. The number of nitrogens with zero attached hydrogens (tertiary/aromatic N) is 4. The van der Waals surface area contributed by atoms with E-state index in [1.54, 1.807) is 11.0 Å². The fourth-order valence-corrected chi connectivity index (χ4v) is 5.53. The van der Waals surface area contributed by atoms with Crippen molar-refractivity contribution in [1.29, 1.82) is 0 Å². The molecule has 3 aliphatic rings. The minimum atomic E-state index is -0.178. The molecule has 4 heterocycles. The molecule has 2 aromatic heterocycles. The first-order valence-electron chi connectivity index (χ1n) is 12.2. The molecule has 0 radical (unpaired) electrons. The number of benzene rings is 1. The number of pyridine rings is 1. The number of ether oxygens (including phenoxy) is 1. The Labute approximate surface area is 203 Å². The van der Waals surface area contributed by atoms with E-state index < -0.39 is 0 Å². The summed E-state index contributed by atoms with van der Waals surface area (Å²) in [5.74, 6) is 1.29. The highest BCUT2D eigenvalue weighted by Crippen LogP contribution is 2.40. The molecule has 1 saturated heterocycles. The third-order valence-corrected chi connectivity index (χ3v) is 7.47. The molecule has 6 rings (SSSR count). The molecule has 35 heavy (non-hydrogen) atoms. The van der Waals surface area contributed by atoms with Gasteiger partial charge in [0.1, 0.15) is 11.9 Å². The van der Waals surface area contributed by atoms with E-state index >= 15 is 0 Å². The van der Waals surface area contributed by atoms with Crippen molar-refractivity contribution in [2.24, 2.45) is 0 Å². The van der Waals surface area contributed by atoms with Crippen LogP contribution in [-0.2, 0) is 22.4 Å². The quantitative estimate of drug-likeness (QED) is 0.576. The Hall–Kier alpha value is -3.68. The highest BCUT2D eigenvalue weighted by molar-refractivity contribution is 5.96. The molecule has 1 atom stereocenters. The van der Waals surface area contributed by atoms with Gasteiger partial charge >= 0.3 is 0 Å². The monoisotopic (exact) mass is 472 g/mol. The van der Waals surface area contributed by atoms with Gasteiger partial charge in [-0.1, -0.05) is 6.07 Å². The van der Waals surface area contributed by atoms with Crippen LogP contribution in [0.5, 0.6) is 5.88 Å². The summed E-state index contributed by atoms with van der Waals surface area (Å²) in [4.78, 5) is 33.6. The van der Waals surface area contributed by atoms with Gasteiger partial charge in [0.05, 0.1) is 19.0 Å². The average Bonchev–Trinajstić information content (AvgIpc) is 3.26. The molecular weight excluding hydrogens is 444 g/mol. The minimum absolute atomic E-state index is 0.0588. The Kier molecular flexibility index (Phi) is 5.31. The highest BCUT2D eigenvalue weighted by Gasteiger charge is 2.38. The molecule has 0 bridgehead atoms. The fourth-order valence-electron chi connectivity index (χ4n) is 5.53. The van der Waals surface area contributed by atoms with Gasteiger partial charge in [0.2, 0.25) is 11.8 Å². The molecule has 180 valence electrons. The zero-order valence-corrected chi connectivity index (χ0v) is 20.0. The maximum absolute atomic E-state index is 13.4. The van der Waals surface area contributed by atoms with Crippen LogP contribution in [0.25, 0.3) is 11.1 Å². The summed E-state index contributed by atoms with van der Waals surface area (Å²) in [7, 11) is 1.83. The third-order valence-electron chi connectivity index (χ3n) is 7.47. The van der Waals surface area contributed by atoms with Gasteiger partial charge in [0, 0.05) is 43.2 Å². The van der Waals surface area contributed by atoms with Gasteiger partial charge in [0.15, 0.2) is 0 Å². The fraction of sp³-hybridized carbons (Fsp3) is 0.407. The maximum Gasteiger partial charge on any atom is 0.254 e. The van der Waals surface area contributed by atoms with Crippen molar-refractivity contribution in [2.45, 2.75) is 51.0 Å². The van der Waals surface area contributed by atoms with Gasteiger partial charge < -0.3 is 19.1 Å². The Morgan fingerprint density at radius 3 is 2.80 bits per heavy atom. The summed E-state index contributed by atoms with van der Waals surface area (Å²) in [6, 6.07) is 8.04. The van der Waals surface area contributed by atoms with E-state index in [4.69, 9.17) is 9.26 Å². The van der Waals surface area contributed by atoms with E-state index in [-0.39, 0.29) is 23.8 Å². The van der Waals surface area contributed by atoms with Crippen molar-refractivity contribution >= 4 is 17.5 Å². The molecule has 8 nitrogen and oxygen atoms in total. The maximum atomic E-state index is 13.4. The lowest BCUT2D eigenvalue weighted by Gasteiger charge is -2.41. The predicted octanol–water partition coefficient (Wildman–Crippen LogP) is 3.66. The minimum Gasteiger partial charge on any atom is -0.468 e. The normalized spacial score (nSPS) is 19.7. The smallest absolute Gasteiger partial charge is 0.254 e. The second kappa shape index (κ2) is 8.52. The van der Waals surface area contributed by atoms with Gasteiger partial charge in [-0.2, -0.15) is 0 Å². The molecule has 0 spiro atoms. The van der Waals surface area contributed by atoms with Crippen LogP contribution in [0.3, 0.4) is 0 Å². The summed E-state index contributed by atoms with van der Waals surface area (Å²) in [5, 5.41) is 3.87. The standard InChI is InChI=1S/C27H28N4O4/c1-16-10-25(29-35-16)34-19-14-31(15-19)27(33)21-5-3-4-20-22(12-28-13-23(20)21)17-6-8-24-18(11-17)7-9-26(32)30(24)2/h6,8,10-13,19,21H,3-5,7,9,14-15H2,1-2H3. The van der Waals surface area contributed by atoms with Gasteiger partial charge in [-0.15, -0.1) is 0 Å². The number of rotatable bonds is 4. The molecule has 0 N–H and O–H groups in total. The molecule has 2 amide bonds. The molecule has 1 aromatic carbocycles. The van der Waals surface area contributed by atoms with Gasteiger partial charge in [-0.3, -0.25) is 14.6 Å². The summed E-state index contributed by atoms with van der Waals surface area (Å²) in [5.41, 5.74) is 6.61. The molecule has 2 aliphatic heterocycles. The molecule has 3 aromatic rings. The van der Waals surface area contributed by atoms with Crippen molar-refractivity contribution in [3.8, 4) is 17.0 Å². The van der Waals surface area contributed by atoms with Crippen LogP contribution in [0, 0.1) is 6.92 Å². The summed E-state index contributed by atoms with van der Waals surface area (Å²) < 4.78 is 10.9. The van der Waals surface area contributed by atoms with Crippen LogP contribution >= 0.6 is 0 Å². The Balaban J connectivity index is 1.22. The molecule has 1 unspecified atom stereocenters. The van der Waals surface area contributed by atoms with E-state index in [1.165, 1.54) is 11.1 Å². The predicted molar refractivity (Wildman–Crippen MR) is 129 cm³/mol. The van der Waals surface area contributed by atoms with E-state index in [1.807, 2.05) is 37.3 Å². The Morgan fingerprint density at radius 2 is 2.00 bits per heavy atom. The van der Waals surface area contributed by atoms with Crippen LogP contribution in [0.1, 0.15) is 47.6 Å². The van der Waals surface area contributed by atoms with Crippen molar-refractivity contribution in [2.75, 3.05) is 25.0 Å².